The molecule has 3 heteroatoms. The Hall–Kier alpha value is -0.830. The Kier molecular flexibility index (Phi) is 3.92. The lowest BCUT2D eigenvalue weighted by Crippen LogP contribution is -2.35. The largest absolute Gasteiger partial charge is 0.337 e. The molecular formula is C16H27N3. The van der Waals surface area contributed by atoms with E-state index in [2.05, 4.69) is 35.2 Å². The van der Waals surface area contributed by atoms with E-state index in [9.17, 15) is 0 Å². The van der Waals surface area contributed by atoms with Gasteiger partial charge in [0, 0.05) is 19.4 Å². The van der Waals surface area contributed by atoms with Crippen molar-refractivity contribution in [3.63, 3.8) is 0 Å². The summed E-state index contributed by atoms with van der Waals surface area (Å²) in [5.41, 5.74) is 0. The monoisotopic (exact) mass is 261 g/mol. The van der Waals surface area contributed by atoms with E-state index in [0.29, 0.717) is 6.04 Å². The number of nitrogens with one attached hydrogen (secondary N) is 1. The number of hydrogen-bond acceptors (Lipinski definition) is 2. The lowest BCUT2D eigenvalue weighted by molar-refractivity contribution is 0.109. The maximum Gasteiger partial charge on any atom is 0.125 e. The topological polar surface area (TPSA) is 29.9 Å². The number of imidazole rings is 1. The van der Waals surface area contributed by atoms with Crippen molar-refractivity contribution in [3.8, 4) is 0 Å². The average molecular weight is 261 g/mol. The molecule has 2 fully saturated rings. The predicted molar refractivity (Wildman–Crippen MR) is 77.8 cm³/mol. The lowest BCUT2D eigenvalue weighted by Gasteiger charge is -2.41. The molecule has 0 amide bonds. The van der Waals surface area contributed by atoms with Crippen molar-refractivity contribution in [3.05, 3.63) is 18.2 Å². The minimum Gasteiger partial charge on any atom is -0.337 e. The predicted octanol–water partition coefficient (Wildman–Crippen LogP) is 3.29. The Labute approximate surface area is 116 Å². The van der Waals surface area contributed by atoms with E-state index in [1.807, 2.05) is 6.20 Å². The zero-order valence-electron chi connectivity index (χ0n) is 12.3. The summed E-state index contributed by atoms with van der Waals surface area (Å²) in [7, 11) is 4.20. The van der Waals surface area contributed by atoms with Gasteiger partial charge in [-0.1, -0.05) is 25.7 Å². The second-order valence-electron chi connectivity index (χ2n) is 6.54. The summed E-state index contributed by atoms with van der Waals surface area (Å²) in [6.45, 7) is 0. The van der Waals surface area contributed by atoms with E-state index in [0.717, 1.165) is 17.8 Å². The van der Waals surface area contributed by atoms with Crippen LogP contribution in [0.1, 0.15) is 56.8 Å². The van der Waals surface area contributed by atoms with Crippen LogP contribution in [0.4, 0.5) is 0 Å². The van der Waals surface area contributed by atoms with Gasteiger partial charge in [0.05, 0.1) is 6.04 Å². The molecule has 4 unspecified atom stereocenters. The molecule has 3 nitrogen and oxygen atoms in total. The first-order valence-electron chi connectivity index (χ1n) is 7.94. The van der Waals surface area contributed by atoms with E-state index in [-0.39, 0.29) is 0 Å². The first-order chi connectivity index (χ1) is 9.29. The molecule has 0 saturated heterocycles. The van der Waals surface area contributed by atoms with Crippen LogP contribution in [-0.2, 0) is 7.05 Å². The van der Waals surface area contributed by atoms with Gasteiger partial charge >= 0.3 is 0 Å². The molecule has 19 heavy (non-hydrogen) atoms. The van der Waals surface area contributed by atoms with E-state index < -0.39 is 0 Å². The number of hydrogen-bond donors (Lipinski definition) is 1. The van der Waals surface area contributed by atoms with Gasteiger partial charge in [0.1, 0.15) is 5.82 Å². The van der Waals surface area contributed by atoms with Crippen LogP contribution < -0.4 is 5.32 Å². The first kappa shape index (κ1) is 13.2. The number of aromatic nitrogens is 2. The summed E-state index contributed by atoms with van der Waals surface area (Å²) < 4.78 is 2.17. The summed E-state index contributed by atoms with van der Waals surface area (Å²) in [5, 5.41) is 3.53. The van der Waals surface area contributed by atoms with Gasteiger partial charge < -0.3 is 9.88 Å². The Balaban J connectivity index is 1.72. The summed E-state index contributed by atoms with van der Waals surface area (Å²) in [5.74, 6) is 4.00. The van der Waals surface area contributed by atoms with Crippen LogP contribution in [0.25, 0.3) is 0 Å². The molecule has 1 aromatic rings. The Morgan fingerprint density at radius 2 is 2.00 bits per heavy atom. The van der Waals surface area contributed by atoms with Gasteiger partial charge in [0.2, 0.25) is 0 Å². The minimum absolute atomic E-state index is 0.433. The summed E-state index contributed by atoms with van der Waals surface area (Å²) >= 11 is 0. The molecule has 1 aromatic heterocycles. The van der Waals surface area contributed by atoms with Crippen molar-refractivity contribution < 1.29 is 0 Å². The van der Waals surface area contributed by atoms with Crippen LogP contribution in [-0.4, -0.2) is 16.6 Å². The molecule has 2 aliphatic rings. The molecule has 0 aliphatic heterocycles. The minimum atomic E-state index is 0.433. The zero-order chi connectivity index (χ0) is 13.2. The van der Waals surface area contributed by atoms with E-state index in [4.69, 9.17) is 0 Å². The molecule has 1 N–H and O–H groups in total. The van der Waals surface area contributed by atoms with Gasteiger partial charge in [-0.05, 0) is 44.1 Å². The third-order valence-corrected chi connectivity index (χ3v) is 5.50. The van der Waals surface area contributed by atoms with Gasteiger partial charge in [0.15, 0.2) is 0 Å². The van der Waals surface area contributed by atoms with Crippen molar-refractivity contribution in [2.45, 2.75) is 51.0 Å². The molecule has 3 rings (SSSR count). The van der Waals surface area contributed by atoms with Gasteiger partial charge in [0.25, 0.3) is 0 Å². The van der Waals surface area contributed by atoms with E-state index >= 15 is 0 Å². The summed E-state index contributed by atoms with van der Waals surface area (Å²) in [6.07, 6.45) is 14.1. The first-order valence-corrected chi connectivity index (χ1v) is 7.94. The van der Waals surface area contributed by atoms with Crippen LogP contribution in [0.3, 0.4) is 0 Å². The number of fused-ring (bicyclic) bond motifs is 1. The van der Waals surface area contributed by atoms with Crippen molar-refractivity contribution in [2.75, 3.05) is 7.05 Å². The molecule has 0 aromatic carbocycles. The highest BCUT2D eigenvalue weighted by molar-refractivity contribution is 5.02. The Morgan fingerprint density at radius 1 is 1.21 bits per heavy atom. The van der Waals surface area contributed by atoms with Gasteiger partial charge in [-0.2, -0.15) is 0 Å². The SMILES string of the molecule is CNC(c1nccn1C)C1CCC2CCCCC2C1. The standard InChI is InChI=1S/C16H27N3/c1-17-15(16-18-9-10-19(16)2)14-8-7-12-5-3-4-6-13(12)11-14/h9-10,12-15,17H,3-8,11H2,1-2H3. The molecule has 2 aliphatic carbocycles. The smallest absolute Gasteiger partial charge is 0.125 e. The molecule has 0 spiro atoms. The molecule has 4 atom stereocenters. The molecule has 0 bridgehead atoms. The van der Waals surface area contributed by atoms with Crippen LogP contribution in [0.5, 0.6) is 0 Å². The van der Waals surface area contributed by atoms with E-state index in [1.54, 1.807) is 0 Å². The number of rotatable bonds is 3. The Morgan fingerprint density at radius 3 is 2.68 bits per heavy atom. The third-order valence-electron chi connectivity index (χ3n) is 5.50. The van der Waals surface area contributed by atoms with Crippen molar-refractivity contribution >= 4 is 0 Å². The average Bonchev–Trinajstić information content (AvgIpc) is 2.86. The number of nitrogens with zero attached hydrogens (tertiary/aromatic N) is 2. The highest BCUT2D eigenvalue weighted by atomic mass is 15.1. The van der Waals surface area contributed by atoms with Crippen molar-refractivity contribution in [1.82, 2.24) is 14.9 Å². The van der Waals surface area contributed by atoms with Crippen LogP contribution in [0.15, 0.2) is 12.4 Å². The second kappa shape index (κ2) is 5.66. The quantitative estimate of drug-likeness (QED) is 0.905. The molecule has 1 heterocycles. The van der Waals surface area contributed by atoms with Crippen LogP contribution >= 0.6 is 0 Å². The second-order valence-corrected chi connectivity index (χ2v) is 6.54. The van der Waals surface area contributed by atoms with Crippen molar-refractivity contribution in [2.24, 2.45) is 24.8 Å². The van der Waals surface area contributed by atoms with E-state index in [1.165, 1.54) is 50.8 Å². The normalized spacial score (nSPS) is 32.8. The molecule has 106 valence electrons. The highest BCUT2D eigenvalue weighted by Gasteiger charge is 2.36. The molecule has 0 radical (unpaired) electrons. The Bertz CT molecular complexity index is 412. The van der Waals surface area contributed by atoms with Gasteiger partial charge in [-0.15, -0.1) is 0 Å². The number of aryl methyl sites for hydroxylation is 1. The fraction of sp³-hybridized carbons (Fsp3) is 0.812. The lowest BCUT2D eigenvalue weighted by atomic mass is 9.66. The van der Waals surface area contributed by atoms with Crippen molar-refractivity contribution in [1.29, 1.82) is 0 Å². The fourth-order valence-corrected chi connectivity index (χ4v) is 4.46. The van der Waals surface area contributed by atoms with Gasteiger partial charge in [-0.3, -0.25) is 0 Å². The maximum absolute atomic E-state index is 4.57. The van der Waals surface area contributed by atoms with Gasteiger partial charge in [-0.25, -0.2) is 4.98 Å². The summed E-state index contributed by atoms with van der Waals surface area (Å²) in [4.78, 5) is 4.57. The third kappa shape index (κ3) is 2.58. The zero-order valence-corrected chi connectivity index (χ0v) is 12.3. The fourth-order valence-electron chi connectivity index (χ4n) is 4.46. The molecular weight excluding hydrogens is 234 g/mol. The molecule has 2 saturated carbocycles. The maximum atomic E-state index is 4.57. The highest BCUT2D eigenvalue weighted by Crippen LogP contribution is 2.45. The summed E-state index contributed by atoms with van der Waals surface area (Å²) in [6, 6.07) is 0.433. The van der Waals surface area contributed by atoms with Crippen LogP contribution in [0, 0.1) is 17.8 Å². The van der Waals surface area contributed by atoms with Crippen LogP contribution in [0.2, 0.25) is 0 Å².